The van der Waals surface area contributed by atoms with Crippen LogP contribution in [0, 0.1) is 5.92 Å². The van der Waals surface area contributed by atoms with Crippen molar-refractivity contribution in [3.63, 3.8) is 0 Å². The van der Waals surface area contributed by atoms with E-state index in [4.69, 9.17) is 23.9 Å². The van der Waals surface area contributed by atoms with E-state index in [1.54, 1.807) is 18.8 Å². The highest BCUT2D eigenvalue weighted by atomic mass is 16.6. The summed E-state index contributed by atoms with van der Waals surface area (Å²) in [5.74, 6) is 2.12. The number of fused-ring (bicyclic) bond motifs is 1. The van der Waals surface area contributed by atoms with E-state index in [1.165, 1.54) is 0 Å². The summed E-state index contributed by atoms with van der Waals surface area (Å²) in [6.07, 6.45) is -2.39. The zero-order valence-corrected chi connectivity index (χ0v) is 30.5. The second kappa shape index (κ2) is 16.0. The van der Waals surface area contributed by atoms with Crippen LogP contribution in [0.1, 0.15) is 43.2 Å². The Morgan fingerprint density at radius 1 is 0.870 bits per heavy atom. The number of hydrogen-bond donors (Lipinski definition) is 3. The molecule has 0 bridgehead atoms. The Balaban J connectivity index is 1.27. The Morgan fingerprint density at radius 3 is 2.06 bits per heavy atom. The SMILES string of the molecule is COc1ccc(C(OC[C@H]2O[C@@H](n3c(N=Nc4ccccc4)nc4c(=O)[nH]c(NCC(C)C)nc43)C[C@@H]2O)(c2ccccc2)c2ccc(OC)cc2)cc1. The van der Waals surface area contributed by atoms with Crippen molar-refractivity contribution in [2.24, 2.45) is 16.1 Å². The van der Waals surface area contributed by atoms with Gasteiger partial charge in [0.05, 0.1) is 32.6 Å². The molecule has 3 atom stereocenters. The molecule has 1 saturated heterocycles. The van der Waals surface area contributed by atoms with Crippen molar-refractivity contribution in [3.05, 3.63) is 136 Å². The second-order valence-corrected chi connectivity index (χ2v) is 13.4. The lowest BCUT2D eigenvalue weighted by molar-refractivity contribution is -0.0928. The number of rotatable bonds is 14. The van der Waals surface area contributed by atoms with Crippen molar-refractivity contribution in [2.45, 2.75) is 44.3 Å². The van der Waals surface area contributed by atoms with Crippen molar-refractivity contribution < 1.29 is 24.1 Å². The van der Waals surface area contributed by atoms with Crippen LogP contribution >= 0.6 is 0 Å². The maximum atomic E-state index is 13.3. The minimum atomic E-state index is -1.12. The zero-order chi connectivity index (χ0) is 37.7. The van der Waals surface area contributed by atoms with Crippen LogP contribution in [0.5, 0.6) is 11.5 Å². The molecule has 0 unspecified atom stereocenters. The number of ether oxygens (including phenoxy) is 4. The summed E-state index contributed by atoms with van der Waals surface area (Å²) in [6, 6.07) is 34.6. The first-order chi connectivity index (χ1) is 26.3. The largest absolute Gasteiger partial charge is 0.497 e. The highest BCUT2D eigenvalue weighted by Crippen LogP contribution is 2.43. The lowest BCUT2D eigenvalue weighted by atomic mass is 9.80. The summed E-state index contributed by atoms with van der Waals surface area (Å²) in [7, 11) is 3.25. The third-order valence-corrected chi connectivity index (χ3v) is 9.35. The van der Waals surface area contributed by atoms with Crippen LogP contribution in [-0.4, -0.2) is 64.2 Å². The number of anilines is 1. The van der Waals surface area contributed by atoms with Crippen LogP contribution in [-0.2, 0) is 15.1 Å². The van der Waals surface area contributed by atoms with Crippen LogP contribution in [0.4, 0.5) is 17.6 Å². The molecule has 3 N–H and O–H groups in total. The first-order valence-electron chi connectivity index (χ1n) is 17.8. The molecule has 13 heteroatoms. The molecule has 278 valence electrons. The van der Waals surface area contributed by atoms with E-state index in [0.29, 0.717) is 35.6 Å². The van der Waals surface area contributed by atoms with Gasteiger partial charge in [-0.2, -0.15) is 4.98 Å². The maximum Gasteiger partial charge on any atom is 0.280 e. The Morgan fingerprint density at radius 2 is 1.46 bits per heavy atom. The summed E-state index contributed by atoms with van der Waals surface area (Å²) < 4.78 is 26.3. The van der Waals surface area contributed by atoms with Gasteiger partial charge in [-0.15, -0.1) is 10.2 Å². The lowest BCUT2D eigenvalue weighted by Crippen LogP contribution is -2.38. The first kappa shape index (κ1) is 36.5. The molecule has 13 nitrogen and oxygen atoms in total. The number of nitrogens with zero attached hydrogens (tertiary/aromatic N) is 5. The molecule has 1 aliphatic heterocycles. The van der Waals surface area contributed by atoms with Crippen molar-refractivity contribution in [1.82, 2.24) is 19.5 Å². The van der Waals surface area contributed by atoms with Gasteiger partial charge >= 0.3 is 0 Å². The minimum absolute atomic E-state index is 0.00663. The zero-order valence-electron chi connectivity index (χ0n) is 30.5. The van der Waals surface area contributed by atoms with Gasteiger partial charge in [-0.3, -0.25) is 14.3 Å². The Hall–Kier alpha value is -5.89. The summed E-state index contributed by atoms with van der Waals surface area (Å²) in [6.45, 7) is 4.70. The average molecular weight is 730 g/mol. The first-order valence-corrected chi connectivity index (χ1v) is 17.8. The molecule has 0 spiro atoms. The van der Waals surface area contributed by atoms with Crippen molar-refractivity contribution in [2.75, 3.05) is 32.7 Å². The molecule has 1 fully saturated rings. The molecule has 0 amide bonds. The van der Waals surface area contributed by atoms with Gasteiger partial charge in [0.1, 0.15) is 29.4 Å². The number of aromatic amines is 1. The number of H-pyrrole nitrogens is 1. The molecule has 7 rings (SSSR count). The van der Waals surface area contributed by atoms with Gasteiger partial charge in [0.2, 0.25) is 5.95 Å². The van der Waals surface area contributed by atoms with E-state index in [9.17, 15) is 9.90 Å². The summed E-state index contributed by atoms with van der Waals surface area (Å²) >= 11 is 0. The summed E-state index contributed by atoms with van der Waals surface area (Å²) in [4.78, 5) is 25.4. The number of aromatic nitrogens is 4. The molecule has 6 aromatic rings. The fraction of sp³-hybridized carbons (Fsp3) is 0.293. The van der Waals surface area contributed by atoms with Gasteiger partial charge in [-0.1, -0.05) is 86.6 Å². The summed E-state index contributed by atoms with van der Waals surface area (Å²) in [5, 5.41) is 23.6. The molecule has 3 heterocycles. The Bertz CT molecular complexity index is 2190. The standard InChI is InChI=1S/C41H43N7O6/c1-26(2)24-42-39-44-37-36(38(50)45-39)43-40(47-46-30-13-9-6-10-14-30)48(37)35-23-33(49)34(54-35)25-53-41(27-11-7-5-8-12-27,28-15-19-31(51-3)20-16-28)29-17-21-32(52-4)22-18-29/h5-22,26,33-35,49H,23-25H2,1-4H3,(H2,42,44,45,50)/t33-,34+,35+/m0/s1. The number of hydrogen-bond acceptors (Lipinski definition) is 11. The third-order valence-electron chi connectivity index (χ3n) is 9.35. The molecule has 0 aliphatic carbocycles. The number of aliphatic hydroxyl groups is 1. The molecule has 54 heavy (non-hydrogen) atoms. The summed E-state index contributed by atoms with van der Waals surface area (Å²) in [5.41, 5.74) is 1.93. The van der Waals surface area contributed by atoms with Crippen LogP contribution in [0.3, 0.4) is 0 Å². The number of benzene rings is 4. The van der Waals surface area contributed by atoms with E-state index in [0.717, 1.165) is 16.7 Å². The third kappa shape index (κ3) is 7.47. The Labute approximate surface area is 312 Å². The van der Waals surface area contributed by atoms with Crippen LogP contribution < -0.4 is 20.3 Å². The molecule has 1 aliphatic rings. The average Bonchev–Trinajstić information content (AvgIpc) is 3.77. The van der Waals surface area contributed by atoms with E-state index < -0.39 is 29.6 Å². The number of methoxy groups -OCH3 is 2. The predicted molar refractivity (Wildman–Crippen MR) is 205 cm³/mol. The van der Waals surface area contributed by atoms with Crippen molar-refractivity contribution in [1.29, 1.82) is 0 Å². The van der Waals surface area contributed by atoms with Crippen LogP contribution in [0.2, 0.25) is 0 Å². The van der Waals surface area contributed by atoms with Gasteiger partial charge in [-0.25, -0.2) is 4.98 Å². The van der Waals surface area contributed by atoms with Crippen LogP contribution in [0.15, 0.2) is 124 Å². The molecular formula is C41H43N7O6. The van der Waals surface area contributed by atoms with E-state index in [2.05, 4.69) is 39.4 Å². The fourth-order valence-corrected chi connectivity index (χ4v) is 6.59. The highest BCUT2D eigenvalue weighted by Gasteiger charge is 2.43. The van der Waals surface area contributed by atoms with Crippen molar-refractivity contribution >= 4 is 28.7 Å². The minimum Gasteiger partial charge on any atom is -0.497 e. The molecule has 0 radical (unpaired) electrons. The maximum absolute atomic E-state index is 13.3. The number of aliphatic hydroxyl groups excluding tert-OH is 1. The Kier molecular flexibility index (Phi) is 10.8. The number of azo groups is 1. The fourth-order valence-electron chi connectivity index (χ4n) is 6.59. The predicted octanol–water partition coefficient (Wildman–Crippen LogP) is 7.28. The topological polar surface area (TPSA) is 157 Å². The smallest absolute Gasteiger partial charge is 0.280 e. The monoisotopic (exact) mass is 729 g/mol. The van der Waals surface area contributed by atoms with Gasteiger partial charge in [0.25, 0.3) is 11.5 Å². The van der Waals surface area contributed by atoms with Gasteiger partial charge in [0.15, 0.2) is 11.2 Å². The van der Waals surface area contributed by atoms with Crippen molar-refractivity contribution in [3.8, 4) is 11.5 Å². The van der Waals surface area contributed by atoms with Gasteiger partial charge < -0.3 is 29.4 Å². The molecule has 4 aromatic carbocycles. The number of nitrogens with one attached hydrogen (secondary N) is 2. The second-order valence-electron chi connectivity index (χ2n) is 13.4. The quantitative estimate of drug-likeness (QED) is 0.0774. The molecule has 2 aromatic heterocycles. The highest BCUT2D eigenvalue weighted by molar-refractivity contribution is 5.74. The van der Waals surface area contributed by atoms with E-state index in [1.807, 2.05) is 109 Å². The molecular weight excluding hydrogens is 686 g/mol. The van der Waals surface area contributed by atoms with E-state index >= 15 is 0 Å². The molecule has 0 saturated carbocycles. The van der Waals surface area contributed by atoms with E-state index in [-0.39, 0.29) is 30.1 Å². The van der Waals surface area contributed by atoms with Crippen LogP contribution in [0.25, 0.3) is 11.2 Å². The van der Waals surface area contributed by atoms with Gasteiger partial charge in [0, 0.05) is 13.0 Å². The lowest BCUT2D eigenvalue weighted by Gasteiger charge is -2.37. The van der Waals surface area contributed by atoms with Gasteiger partial charge in [-0.05, 0) is 59.0 Å². The number of imidazole rings is 1. The normalized spacial score (nSPS) is 17.4.